The topological polar surface area (TPSA) is 34.2 Å². The molecule has 2 rings (SSSR count). The van der Waals surface area contributed by atoms with Crippen LogP contribution in [-0.4, -0.2) is 18.6 Å². The Morgan fingerprint density at radius 3 is 2.80 bits per heavy atom. The van der Waals surface area contributed by atoms with Gasteiger partial charge in [-0.05, 0) is 30.8 Å². The van der Waals surface area contributed by atoms with Gasteiger partial charge in [-0.2, -0.15) is 0 Å². The number of methoxy groups -OCH3 is 1. The maximum atomic E-state index is 5.50. The van der Waals surface area contributed by atoms with Crippen molar-refractivity contribution >= 4 is 15.9 Å². The SMILES string of the molecule is CCNC(Cc1ccccn1)c1ccc(Br)cc1OC. The monoisotopic (exact) mass is 334 g/mol. The van der Waals surface area contributed by atoms with Gasteiger partial charge in [-0.25, -0.2) is 0 Å². The molecule has 0 amide bonds. The summed E-state index contributed by atoms with van der Waals surface area (Å²) in [7, 11) is 1.70. The molecule has 1 N–H and O–H groups in total. The Kier molecular flexibility index (Phi) is 5.56. The molecule has 0 aliphatic rings. The van der Waals surface area contributed by atoms with E-state index in [4.69, 9.17) is 4.74 Å². The Morgan fingerprint density at radius 1 is 1.30 bits per heavy atom. The van der Waals surface area contributed by atoms with Gasteiger partial charge in [0, 0.05) is 34.4 Å². The number of hydrogen-bond donors (Lipinski definition) is 1. The molecule has 2 aromatic rings. The van der Waals surface area contributed by atoms with Crippen molar-refractivity contribution in [2.75, 3.05) is 13.7 Å². The smallest absolute Gasteiger partial charge is 0.124 e. The van der Waals surface area contributed by atoms with Crippen LogP contribution in [0.15, 0.2) is 47.1 Å². The second-order valence-corrected chi connectivity index (χ2v) is 5.44. The van der Waals surface area contributed by atoms with Crippen LogP contribution < -0.4 is 10.1 Å². The van der Waals surface area contributed by atoms with Gasteiger partial charge in [0.2, 0.25) is 0 Å². The highest BCUT2D eigenvalue weighted by atomic mass is 79.9. The van der Waals surface area contributed by atoms with Gasteiger partial charge in [-0.3, -0.25) is 4.98 Å². The number of rotatable bonds is 6. The van der Waals surface area contributed by atoms with Crippen molar-refractivity contribution in [3.05, 3.63) is 58.3 Å². The molecule has 0 aliphatic carbocycles. The Labute approximate surface area is 128 Å². The summed E-state index contributed by atoms with van der Waals surface area (Å²) in [6.07, 6.45) is 2.67. The highest BCUT2D eigenvalue weighted by Crippen LogP contribution is 2.30. The van der Waals surface area contributed by atoms with Gasteiger partial charge in [-0.15, -0.1) is 0 Å². The lowest BCUT2D eigenvalue weighted by Crippen LogP contribution is -2.23. The fourth-order valence-corrected chi connectivity index (χ4v) is 2.58. The van der Waals surface area contributed by atoms with E-state index in [1.807, 2.05) is 30.5 Å². The van der Waals surface area contributed by atoms with E-state index in [-0.39, 0.29) is 6.04 Å². The fourth-order valence-electron chi connectivity index (χ4n) is 2.24. The van der Waals surface area contributed by atoms with Crippen LogP contribution in [0.2, 0.25) is 0 Å². The zero-order valence-electron chi connectivity index (χ0n) is 11.8. The van der Waals surface area contributed by atoms with Gasteiger partial charge in [-0.1, -0.05) is 35.0 Å². The first-order valence-corrected chi connectivity index (χ1v) is 7.50. The zero-order valence-corrected chi connectivity index (χ0v) is 13.4. The van der Waals surface area contributed by atoms with Crippen molar-refractivity contribution in [3.63, 3.8) is 0 Å². The van der Waals surface area contributed by atoms with Crippen LogP contribution >= 0.6 is 15.9 Å². The number of ether oxygens (including phenoxy) is 1. The standard InChI is InChI=1S/C16H19BrN2O/c1-3-18-15(11-13-6-4-5-9-19-13)14-8-7-12(17)10-16(14)20-2/h4-10,15,18H,3,11H2,1-2H3. The second kappa shape index (κ2) is 7.41. The van der Waals surface area contributed by atoms with E-state index < -0.39 is 0 Å². The number of halogens is 1. The molecule has 1 aromatic heterocycles. The molecule has 0 aliphatic heterocycles. The molecule has 1 aromatic carbocycles. The van der Waals surface area contributed by atoms with Crippen molar-refractivity contribution in [1.82, 2.24) is 10.3 Å². The van der Waals surface area contributed by atoms with Crippen LogP contribution in [-0.2, 0) is 6.42 Å². The summed E-state index contributed by atoms with van der Waals surface area (Å²) in [6.45, 7) is 3.01. The first kappa shape index (κ1) is 15.0. The number of hydrogen-bond acceptors (Lipinski definition) is 3. The maximum Gasteiger partial charge on any atom is 0.124 e. The van der Waals surface area contributed by atoms with Gasteiger partial charge in [0.05, 0.1) is 7.11 Å². The summed E-state index contributed by atoms with van der Waals surface area (Å²) in [5.41, 5.74) is 2.23. The molecule has 0 fully saturated rings. The van der Waals surface area contributed by atoms with Crippen LogP contribution in [0.3, 0.4) is 0 Å². The highest BCUT2D eigenvalue weighted by molar-refractivity contribution is 9.10. The molecule has 3 nitrogen and oxygen atoms in total. The minimum absolute atomic E-state index is 0.193. The molecule has 1 unspecified atom stereocenters. The van der Waals surface area contributed by atoms with Crippen molar-refractivity contribution in [1.29, 1.82) is 0 Å². The predicted octanol–water partition coefficient (Wildman–Crippen LogP) is 3.75. The third-order valence-electron chi connectivity index (χ3n) is 3.16. The molecular formula is C16H19BrN2O. The lowest BCUT2D eigenvalue weighted by molar-refractivity contribution is 0.398. The Bertz CT molecular complexity index is 545. The Balaban J connectivity index is 2.28. The molecule has 0 bridgehead atoms. The molecule has 4 heteroatoms. The fraction of sp³-hybridized carbons (Fsp3) is 0.312. The van der Waals surface area contributed by atoms with Crippen LogP contribution in [0, 0.1) is 0 Å². The highest BCUT2D eigenvalue weighted by Gasteiger charge is 2.16. The molecule has 1 heterocycles. The molecule has 20 heavy (non-hydrogen) atoms. The van der Waals surface area contributed by atoms with Crippen LogP contribution in [0.5, 0.6) is 5.75 Å². The summed E-state index contributed by atoms with van der Waals surface area (Å²) in [5.74, 6) is 0.890. The van der Waals surface area contributed by atoms with Gasteiger partial charge < -0.3 is 10.1 Å². The summed E-state index contributed by atoms with van der Waals surface area (Å²) >= 11 is 3.48. The molecule has 0 saturated heterocycles. The van der Waals surface area contributed by atoms with Gasteiger partial charge >= 0.3 is 0 Å². The Hall–Kier alpha value is -1.39. The van der Waals surface area contributed by atoms with Crippen molar-refractivity contribution in [3.8, 4) is 5.75 Å². The lowest BCUT2D eigenvalue weighted by atomic mass is 10.0. The van der Waals surface area contributed by atoms with E-state index in [0.29, 0.717) is 0 Å². The quantitative estimate of drug-likeness (QED) is 0.873. The average molecular weight is 335 g/mol. The summed E-state index contributed by atoms with van der Waals surface area (Å²) in [5, 5.41) is 3.51. The third kappa shape index (κ3) is 3.81. The molecule has 106 valence electrons. The first-order valence-electron chi connectivity index (χ1n) is 6.71. The molecule has 0 saturated carbocycles. The van der Waals surface area contributed by atoms with E-state index >= 15 is 0 Å². The number of nitrogens with zero attached hydrogens (tertiary/aromatic N) is 1. The zero-order chi connectivity index (χ0) is 14.4. The maximum absolute atomic E-state index is 5.50. The number of aromatic nitrogens is 1. The number of nitrogens with one attached hydrogen (secondary N) is 1. The average Bonchev–Trinajstić information content (AvgIpc) is 2.48. The second-order valence-electron chi connectivity index (χ2n) is 4.52. The van der Waals surface area contributed by atoms with Crippen LogP contribution in [0.25, 0.3) is 0 Å². The van der Waals surface area contributed by atoms with E-state index in [1.165, 1.54) is 0 Å². The lowest BCUT2D eigenvalue weighted by Gasteiger charge is -2.20. The van der Waals surface area contributed by atoms with Gasteiger partial charge in [0.1, 0.15) is 5.75 Å². The summed E-state index contributed by atoms with van der Waals surface area (Å²) < 4.78 is 6.52. The minimum atomic E-state index is 0.193. The first-order chi connectivity index (χ1) is 9.74. The Morgan fingerprint density at radius 2 is 2.15 bits per heavy atom. The molecular weight excluding hydrogens is 316 g/mol. The van der Waals surface area contributed by atoms with Crippen LogP contribution in [0.4, 0.5) is 0 Å². The van der Waals surface area contributed by atoms with Gasteiger partial charge in [0.25, 0.3) is 0 Å². The third-order valence-corrected chi connectivity index (χ3v) is 3.65. The van der Waals surface area contributed by atoms with Crippen LogP contribution in [0.1, 0.15) is 24.2 Å². The number of pyridine rings is 1. The molecule has 1 atom stereocenters. The molecule has 0 spiro atoms. The van der Waals surface area contributed by atoms with E-state index in [1.54, 1.807) is 7.11 Å². The number of benzene rings is 1. The normalized spacial score (nSPS) is 12.2. The minimum Gasteiger partial charge on any atom is -0.496 e. The predicted molar refractivity (Wildman–Crippen MR) is 85.1 cm³/mol. The van der Waals surface area contributed by atoms with Crippen molar-refractivity contribution < 1.29 is 4.74 Å². The summed E-state index contributed by atoms with van der Waals surface area (Å²) in [6, 6.07) is 12.3. The summed E-state index contributed by atoms with van der Waals surface area (Å²) in [4.78, 5) is 4.41. The van der Waals surface area contributed by atoms with E-state index in [9.17, 15) is 0 Å². The largest absolute Gasteiger partial charge is 0.496 e. The van der Waals surface area contributed by atoms with Crippen molar-refractivity contribution in [2.45, 2.75) is 19.4 Å². The van der Waals surface area contributed by atoms with E-state index in [0.717, 1.165) is 34.4 Å². The number of likely N-dealkylation sites (N-methyl/N-ethyl adjacent to an activating group) is 1. The van der Waals surface area contributed by atoms with E-state index in [2.05, 4.69) is 45.3 Å². The van der Waals surface area contributed by atoms with Crippen molar-refractivity contribution in [2.24, 2.45) is 0 Å². The van der Waals surface area contributed by atoms with Gasteiger partial charge in [0.15, 0.2) is 0 Å². The molecule has 0 radical (unpaired) electrons.